The summed E-state index contributed by atoms with van der Waals surface area (Å²) in [5, 5.41) is 12.4. The molecule has 2 aromatic heterocycles. The van der Waals surface area contributed by atoms with Crippen LogP contribution in [-0.4, -0.2) is 10.9 Å². The van der Waals surface area contributed by atoms with E-state index in [2.05, 4.69) is 16.4 Å². The Morgan fingerprint density at radius 2 is 2.28 bits per heavy atom. The van der Waals surface area contributed by atoms with Gasteiger partial charge in [-0.2, -0.15) is 5.26 Å². The molecule has 2 aromatic rings. The number of hydrogen-bond donors (Lipinski definition) is 1. The van der Waals surface area contributed by atoms with E-state index < -0.39 is 0 Å². The van der Waals surface area contributed by atoms with Crippen molar-refractivity contribution in [2.75, 3.05) is 5.32 Å². The molecule has 0 aliphatic heterocycles. The van der Waals surface area contributed by atoms with E-state index in [-0.39, 0.29) is 5.91 Å². The fourth-order valence-electron chi connectivity index (χ4n) is 1.52. The summed E-state index contributed by atoms with van der Waals surface area (Å²) in [4.78, 5) is 16.9. The third kappa shape index (κ3) is 2.24. The lowest BCUT2D eigenvalue weighted by Gasteiger charge is -2.02. The van der Waals surface area contributed by atoms with Gasteiger partial charge in [0.1, 0.15) is 11.1 Å². The lowest BCUT2D eigenvalue weighted by Crippen LogP contribution is -2.11. The summed E-state index contributed by atoms with van der Waals surface area (Å²) in [6.45, 7) is 3.81. The molecule has 90 valence electrons. The van der Waals surface area contributed by atoms with Crippen molar-refractivity contribution in [3.8, 4) is 6.07 Å². The van der Waals surface area contributed by atoms with Crippen LogP contribution in [0, 0.1) is 25.2 Å². The van der Waals surface area contributed by atoms with Gasteiger partial charge in [-0.3, -0.25) is 9.78 Å². The van der Waals surface area contributed by atoms with E-state index in [0.717, 1.165) is 10.4 Å². The van der Waals surface area contributed by atoms with Gasteiger partial charge in [-0.05, 0) is 31.5 Å². The number of nitrogens with one attached hydrogen (secondary N) is 1. The number of hydrogen-bond acceptors (Lipinski definition) is 4. The van der Waals surface area contributed by atoms with Gasteiger partial charge in [-0.25, -0.2) is 0 Å². The molecule has 0 saturated heterocycles. The molecule has 0 saturated carbocycles. The Morgan fingerprint density at radius 1 is 1.50 bits per heavy atom. The van der Waals surface area contributed by atoms with Crippen molar-refractivity contribution < 1.29 is 4.79 Å². The van der Waals surface area contributed by atoms with Gasteiger partial charge < -0.3 is 5.32 Å². The number of nitrogens with zero attached hydrogens (tertiary/aromatic N) is 2. The van der Waals surface area contributed by atoms with E-state index in [1.54, 1.807) is 18.3 Å². The van der Waals surface area contributed by atoms with Gasteiger partial charge in [0.2, 0.25) is 0 Å². The van der Waals surface area contributed by atoms with Crippen LogP contribution in [0.1, 0.15) is 26.4 Å². The van der Waals surface area contributed by atoms with Crippen molar-refractivity contribution in [3.63, 3.8) is 0 Å². The SMILES string of the molecule is Cc1sc(NC(=O)c2cccnc2)c(C#N)c1C. The molecule has 1 amide bonds. The van der Waals surface area contributed by atoms with E-state index in [9.17, 15) is 4.79 Å². The van der Waals surface area contributed by atoms with Crippen LogP contribution in [0.15, 0.2) is 24.5 Å². The highest BCUT2D eigenvalue weighted by molar-refractivity contribution is 7.16. The monoisotopic (exact) mass is 257 g/mol. The molecule has 0 aliphatic rings. The first-order chi connectivity index (χ1) is 8.63. The quantitative estimate of drug-likeness (QED) is 0.899. The highest BCUT2D eigenvalue weighted by Crippen LogP contribution is 2.31. The number of amides is 1. The highest BCUT2D eigenvalue weighted by Gasteiger charge is 2.15. The first kappa shape index (κ1) is 12.3. The minimum atomic E-state index is -0.249. The Morgan fingerprint density at radius 3 is 2.89 bits per heavy atom. The second-order valence-corrected chi connectivity index (χ2v) is 5.02. The van der Waals surface area contributed by atoms with Gasteiger partial charge in [-0.1, -0.05) is 0 Å². The highest BCUT2D eigenvalue weighted by atomic mass is 32.1. The maximum absolute atomic E-state index is 11.9. The molecule has 0 bridgehead atoms. The third-order valence-electron chi connectivity index (χ3n) is 2.65. The summed E-state index contributed by atoms with van der Waals surface area (Å²) in [5.41, 5.74) is 1.93. The Labute approximate surface area is 109 Å². The zero-order valence-electron chi connectivity index (χ0n) is 10.0. The van der Waals surface area contributed by atoms with Crippen LogP contribution in [0.5, 0.6) is 0 Å². The van der Waals surface area contributed by atoms with Crippen LogP contribution in [0.3, 0.4) is 0 Å². The Kier molecular flexibility index (Phi) is 3.40. The van der Waals surface area contributed by atoms with Crippen molar-refractivity contribution in [1.29, 1.82) is 5.26 Å². The van der Waals surface area contributed by atoms with E-state index in [0.29, 0.717) is 16.1 Å². The Balaban J connectivity index is 2.28. The Bertz CT molecular complexity index is 626. The predicted octanol–water partition coefficient (Wildman–Crippen LogP) is 2.88. The van der Waals surface area contributed by atoms with E-state index in [1.165, 1.54) is 17.5 Å². The van der Waals surface area contributed by atoms with Crippen molar-refractivity contribution in [1.82, 2.24) is 4.98 Å². The predicted molar refractivity (Wildman–Crippen MR) is 70.7 cm³/mol. The maximum Gasteiger partial charge on any atom is 0.257 e. The number of anilines is 1. The molecule has 4 nitrogen and oxygen atoms in total. The van der Waals surface area contributed by atoms with E-state index in [1.807, 2.05) is 13.8 Å². The number of nitriles is 1. The number of aryl methyl sites for hydroxylation is 1. The van der Waals surface area contributed by atoms with Gasteiger partial charge in [0, 0.05) is 17.3 Å². The zero-order valence-corrected chi connectivity index (χ0v) is 10.8. The van der Waals surface area contributed by atoms with Crippen LogP contribution in [0.25, 0.3) is 0 Å². The van der Waals surface area contributed by atoms with Gasteiger partial charge in [0.05, 0.1) is 11.1 Å². The molecular weight excluding hydrogens is 246 g/mol. The smallest absolute Gasteiger partial charge is 0.257 e. The van der Waals surface area contributed by atoms with Crippen LogP contribution < -0.4 is 5.32 Å². The molecule has 0 spiro atoms. The lowest BCUT2D eigenvalue weighted by atomic mass is 10.2. The van der Waals surface area contributed by atoms with Gasteiger partial charge in [-0.15, -0.1) is 11.3 Å². The van der Waals surface area contributed by atoms with Crippen LogP contribution in [-0.2, 0) is 0 Å². The lowest BCUT2D eigenvalue weighted by molar-refractivity contribution is 0.102. The molecule has 5 heteroatoms. The summed E-state index contributed by atoms with van der Waals surface area (Å²) in [5.74, 6) is -0.249. The van der Waals surface area contributed by atoms with E-state index in [4.69, 9.17) is 5.26 Å². The summed E-state index contributed by atoms with van der Waals surface area (Å²) in [7, 11) is 0. The molecule has 18 heavy (non-hydrogen) atoms. The molecule has 0 radical (unpaired) electrons. The van der Waals surface area contributed by atoms with Crippen molar-refractivity contribution in [3.05, 3.63) is 46.1 Å². The fourth-order valence-corrected chi connectivity index (χ4v) is 2.53. The molecule has 1 N–H and O–H groups in total. The van der Waals surface area contributed by atoms with Crippen molar-refractivity contribution in [2.24, 2.45) is 0 Å². The zero-order chi connectivity index (χ0) is 13.1. The first-order valence-corrected chi connectivity index (χ1v) is 6.16. The van der Waals surface area contributed by atoms with Gasteiger partial charge in [0.15, 0.2) is 0 Å². The number of rotatable bonds is 2. The maximum atomic E-state index is 11.9. The number of thiophene rings is 1. The second kappa shape index (κ2) is 4.98. The Hall–Kier alpha value is -2.19. The van der Waals surface area contributed by atoms with Crippen LogP contribution >= 0.6 is 11.3 Å². The second-order valence-electron chi connectivity index (χ2n) is 3.80. The largest absolute Gasteiger partial charge is 0.312 e. The first-order valence-electron chi connectivity index (χ1n) is 5.35. The summed E-state index contributed by atoms with van der Waals surface area (Å²) in [6, 6.07) is 5.50. The average Bonchev–Trinajstić information content (AvgIpc) is 2.65. The molecule has 0 unspecified atom stereocenters. The summed E-state index contributed by atoms with van der Waals surface area (Å²) < 4.78 is 0. The number of pyridine rings is 1. The van der Waals surface area contributed by atoms with E-state index >= 15 is 0 Å². The standard InChI is InChI=1S/C13H11N3OS/c1-8-9(2)18-13(11(8)6-14)16-12(17)10-4-3-5-15-7-10/h3-5,7H,1-2H3,(H,16,17). The minimum absolute atomic E-state index is 0.249. The molecule has 2 rings (SSSR count). The van der Waals surface area contributed by atoms with Crippen LogP contribution in [0.4, 0.5) is 5.00 Å². The van der Waals surface area contributed by atoms with Crippen molar-refractivity contribution in [2.45, 2.75) is 13.8 Å². The average molecular weight is 257 g/mol. The molecule has 2 heterocycles. The summed E-state index contributed by atoms with van der Waals surface area (Å²) in [6.07, 6.45) is 3.10. The van der Waals surface area contributed by atoms with Gasteiger partial charge in [0.25, 0.3) is 5.91 Å². The topological polar surface area (TPSA) is 65.8 Å². The fraction of sp³-hybridized carbons (Fsp3) is 0.154. The van der Waals surface area contributed by atoms with Crippen molar-refractivity contribution >= 4 is 22.2 Å². The number of carbonyl (C=O) groups is 1. The molecule has 0 atom stereocenters. The summed E-state index contributed by atoms with van der Waals surface area (Å²) >= 11 is 1.41. The normalized spacial score (nSPS) is 9.83. The molecule has 0 aliphatic carbocycles. The van der Waals surface area contributed by atoms with Gasteiger partial charge >= 0.3 is 0 Å². The molecule has 0 aromatic carbocycles. The number of aromatic nitrogens is 1. The van der Waals surface area contributed by atoms with Crippen LogP contribution in [0.2, 0.25) is 0 Å². The third-order valence-corrected chi connectivity index (χ3v) is 3.77. The molecular formula is C13H11N3OS. The number of carbonyl (C=O) groups excluding carboxylic acids is 1. The minimum Gasteiger partial charge on any atom is -0.312 e. The molecule has 0 fully saturated rings.